The van der Waals surface area contributed by atoms with Gasteiger partial charge in [0.1, 0.15) is 0 Å². The Labute approximate surface area is 157 Å². The molecule has 1 aromatic heterocycles. The lowest BCUT2D eigenvalue weighted by atomic mass is 9.77. The third kappa shape index (κ3) is 3.07. The zero-order valence-corrected chi connectivity index (χ0v) is 16.0. The van der Waals surface area contributed by atoms with E-state index in [1.54, 1.807) is 0 Å². The molecular weight excluding hydrogens is 314 g/mol. The first-order valence-electron chi connectivity index (χ1n) is 9.70. The lowest BCUT2D eigenvalue weighted by Gasteiger charge is -2.27. The molecule has 0 aliphatic heterocycles. The predicted molar refractivity (Wildman–Crippen MR) is 110 cm³/mol. The molecule has 0 saturated carbocycles. The molecule has 3 aromatic rings. The molecule has 132 valence electrons. The van der Waals surface area contributed by atoms with Gasteiger partial charge in [0.15, 0.2) is 0 Å². The standard InChI is InChI=1S/C25H27N/c1-18-11-13-20(14-12-18)25(2,3)21-15-16-26-24(17-21)23-10-6-8-19-7-4-5-9-22(19)23/h6,8,10-17H,4-5,7,9H2,1-3H3. The summed E-state index contributed by atoms with van der Waals surface area (Å²) in [5.41, 5.74) is 9.38. The number of hydrogen-bond acceptors (Lipinski definition) is 1. The average Bonchev–Trinajstić information content (AvgIpc) is 2.68. The highest BCUT2D eigenvalue weighted by atomic mass is 14.7. The first-order valence-corrected chi connectivity index (χ1v) is 9.70. The molecule has 0 spiro atoms. The van der Waals surface area contributed by atoms with Crippen LogP contribution in [0, 0.1) is 6.92 Å². The predicted octanol–water partition coefficient (Wildman–Crippen LogP) is 6.26. The third-order valence-corrected chi connectivity index (χ3v) is 5.93. The minimum absolute atomic E-state index is 0.0414. The minimum atomic E-state index is -0.0414. The molecule has 0 saturated heterocycles. The highest BCUT2D eigenvalue weighted by Gasteiger charge is 2.24. The Bertz CT molecular complexity index is 919. The van der Waals surface area contributed by atoms with Crippen molar-refractivity contribution in [2.75, 3.05) is 0 Å². The van der Waals surface area contributed by atoms with Crippen LogP contribution >= 0.6 is 0 Å². The van der Waals surface area contributed by atoms with Crippen molar-refractivity contribution < 1.29 is 0 Å². The number of pyridine rings is 1. The molecule has 1 nitrogen and oxygen atoms in total. The van der Waals surface area contributed by atoms with E-state index < -0.39 is 0 Å². The van der Waals surface area contributed by atoms with E-state index in [1.165, 1.54) is 59.1 Å². The van der Waals surface area contributed by atoms with Crippen molar-refractivity contribution in [1.29, 1.82) is 0 Å². The van der Waals surface area contributed by atoms with Crippen molar-refractivity contribution in [3.63, 3.8) is 0 Å². The van der Waals surface area contributed by atoms with E-state index >= 15 is 0 Å². The zero-order valence-electron chi connectivity index (χ0n) is 16.0. The first kappa shape index (κ1) is 17.0. The average molecular weight is 341 g/mol. The Morgan fingerprint density at radius 1 is 0.846 bits per heavy atom. The van der Waals surface area contributed by atoms with Crippen LogP contribution < -0.4 is 0 Å². The molecular formula is C25H27N. The van der Waals surface area contributed by atoms with Gasteiger partial charge in [0.2, 0.25) is 0 Å². The van der Waals surface area contributed by atoms with Crippen molar-refractivity contribution in [1.82, 2.24) is 4.98 Å². The SMILES string of the molecule is Cc1ccc(C(C)(C)c2ccnc(-c3cccc4c3CCCC4)c2)cc1. The molecule has 1 aliphatic carbocycles. The van der Waals surface area contributed by atoms with Crippen LogP contribution in [0.5, 0.6) is 0 Å². The Morgan fingerprint density at radius 3 is 2.42 bits per heavy atom. The third-order valence-electron chi connectivity index (χ3n) is 5.93. The van der Waals surface area contributed by atoms with Crippen LogP contribution in [0.15, 0.2) is 60.8 Å². The van der Waals surface area contributed by atoms with Gasteiger partial charge >= 0.3 is 0 Å². The summed E-state index contributed by atoms with van der Waals surface area (Å²) < 4.78 is 0. The van der Waals surface area contributed by atoms with Gasteiger partial charge in [0, 0.05) is 17.2 Å². The molecule has 4 rings (SSSR count). The Morgan fingerprint density at radius 2 is 1.62 bits per heavy atom. The number of aromatic nitrogens is 1. The molecule has 0 N–H and O–H groups in total. The van der Waals surface area contributed by atoms with Crippen molar-refractivity contribution in [2.45, 2.75) is 51.9 Å². The summed E-state index contributed by atoms with van der Waals surface area (Å²) in [6.07, 6.45) is 6.96. The lowest BCUT2D eigenvalue weighted by molar-refractivity contribution is 0.639. The molecule has 1 heteroatoms. The molecule has 0 amide bonds. The molecule has 0 unspecified atom stereocenters. The Kier molecular flexibility index (Phi) is 4.40. The molecule has 1 aliphatic rings. The summed E-state index contributed by atoms with van der Waals surface area (Å²) in [5.74, 6) is 0. The van der Waals surface area contributed by atoms with Gasteiger partial charge in [-0.1, -0.05) is 61.9 Å². The van der Waals surface area contributed by atoms with Gasteiger partial charge in [-0.05, 0) is 67.0 Å². The fourth-order valence-corrected chi connectivity index (χ4v) is 4.12. The van der Waals surface area contributed by atoms with E-state index in [0.717, 1.165) is 5.69 Å². The van der Waals surface area contributed by atoms with Crippen LogP contribution in [-0.4, -0.2) is 4.98 Å². The normalized spacial score (nSPS) is 14.1. The highest BCUT2D eigenvalue weighted by molar-refractivity contribution is 5.67. The van der Waals surface area contributed by atoms with Crippen LogP contribution in [0.25, 0.3) is 11.3 Å². The summed E-state index contributed by atoms with van der Waals surface area (Å²) in [6.45, 7) is 6.74. The summed E-state index contributed by atoms with van der Waals surface area (Å²) in [7, 11) is 0. The van der Waals surface area contributed by atoms with Crippen LogP contribution in [0.1, 0.15) is 54.5 Å². The lowest BCUT2D eigenvalue weighted by Crippen LogP contribution is -2.19. The zero-order chi connectivity index (χ0) is 18.1. The number of fused-ring (bicyclic) bond motifs is 1. The monoisotopic (exact) mass is 341 g/mol. The fraction of sp³-hybridized carbons (Fsp3) is 0.320. The molecule has 26 heavy (non-hydrogen) atoms. The minimum Gasteiger partial charge on any atom is -0.256 e. The Balaban J connectivity index is 1.77. The van der Waals surface area contributed by atoms with Crippen molar-refractivity contribution >= 4 is 0 Å². The fourth-order valence-electron chi connectivity index (χ4n) is 4.12. The largest absolute Gasteiger partial charge is 0.256 e. The molecule has 0 atom stereocenters. The van der Waals surface area contributed by atoms with Crippen LogP contribution in [-0.2, 0) is 18.3 Å². The van der Waals surface area contributed by atoms with E-state index in [-0.39, 0.29) is 5.41 Å². The quantitative estimate of drug-likeness (QED) is 0.548. The molecule has 0 radical (unpaired) electrons. The van der Waals surface area contributed by atoms with Gasteiger partial charge in [0.05, 0.1) is 5.69 Å². The van der Waals surface area contributed by atoms with Crippen molar-refractivity contribution in [3.05, 3.63) is 88.6 Å². The number of aryl methyl sites for hydroxylation is 2. The van der Waals surface area contributed by atoms with E-state index in [0.29, 0.717) is 0 Å². The molecule has 0 bridgehead atoms. The summed E-state index contributed by atoms with van der Waals surface area (Å²) in [6, 6.07) is 20.1. The van der Waals surface area contributed by atoms with Crippen LogP contribution in [0.4, 0.5) is 0 Å². The molecule has 0 fully saturated rings. The smallest absolute Gasteiger partial charge is 0.0707 e. The number of nitrogens with zero attached hydrogens (tertiary/aromatic N) is 1. The number of benzene rings is 2. The molecule has 2 aromatic carbocycles. The van der Waals surface area contributed by atoms with Crippen molar-refractivity contribution in [2.24, 2.45) is 0 Å². The maximum Gasteiger partial charge on any atom is 0.0707 e. The second-order valence-corrected chi connectivity index (χ2v) is 8.07. The highest BCUT2D eigenvalue weighted by Crippen LogP contribution is 2.35. The van der Waals surface area contributed by atoms with E-state index in [2.05, 4.69) is 75.4 Å². The maximum absolute atomic E-state index is 4.74. The maximum atomic E-state index is 4.74. The molecule has 1 heterocycles. The van der Waals surface area contributed by atoms with E-state index in [1.807, 2.05) is 6.20 Å². The first-order chi connectivity index (χ1) is 12.6. The summed E-state index contributed by atoms with van der Waals surface area (Å²) in [5, 5.41) is 0. The van der Waals surface area contributed by atoms with Gasteiger partial charge in [-0.2, -0.15) is 0 Å². The topological polar surface area (TPSA) is 12.9 Å². The summed E-state index contributed by atoms with van der Waals surface area (Å²) in [4.78, 5) is 4.74. The van der Waals surface area contributed by atoms with Gasteiger partial charge in [0.25, 0.3) is 0 Å². The second-order valence-electron chi connectivity index (χ2n) is 8.07. The number of hydrogen-bond donors (Lipinski definition) is 0. The van der Waals surface area contributed by atoms with Crippen LogP contribution in [0.3, 0.4) is 0 Å². The number of rotatable bonds is 3. The van der Waals surface area contributed by atoms with Gasteiger partial charge in [-0.15, -0.1) is 0 Å². The van der Waals surface area contributed by atoms with Gasteiger partial charge < -0.3 is 0 Å². The van der Waals surface area contributed by atoms with E-state index in [4.69, 9.17) is 4.98 Å². The second kappa shape index (κ2) is 6.72. The van der Waals surface area contributed by atoms with Crippen molar-refractivity contribution in [3.8, 4) is 11.3 Å². The summed E-state index contributed by atoms with van der Waals surface area (Å²) >= 11 is 0. The van der Waals surface area contributed by atoms with Crippen LogP contribution in [0.2, 0.25) is 0 Å². The van der Waals surface area contributed by atoms with E-state index in [9.17, 15) is 0 Å². The van der Waals surface area contributed by atoms with Gasteiger partial charge in [-0.25, -0.2) is 0 Å². The Hall–Kier alpha value is -2.41. The van der Waals surface area contributed by atoms with Gasteiger partial charge in [-0.3, -0.25) is 4.98 Å².